The first-order chi connectivity index (χ1) is 13.7. The first-order valence-electron chi connectivity index (χ1n) is 9.85. The summed E-state index contributed by atoms with van der Waals surface area (Å²) in [7, 11) is 0. The summed E-state index contributed by atoms with van der Waals surface area (Å²) in [4.78, 5) is 13.2. The highest BCUT2D eigenvalue weighted by Gasteiger charge is 2.33. The van der Waals surface area contributed by atoms with E-state index in [0.717, 1.165) is 18.5 Å². The van der Waals surface area contributed by atoms with E-state index in [2.05, 4.69) is 72.5 Å². The number of rotatable bonds is 5. The molecule has 1 aliphatic heterocycles. The van der Waals surface area contributed by atoms with Gasteiger partial charge in [0, 0.05) is 24.2 Å². The third-order valence-electron chi connectivity index (χ3n) is 5.79. The van der Waals surface area contributed by atoms with Crippen LogP contribution < -0.4 is 4.90 Å². The fourth-order valence-electron chi connectivity index (χ4n) is 4.40. The molecular weight excluding hydrogens is 348 g/mol. The number of benzene rings is 2. The van der Waals surface area contributed by atoms with Crippen LogP contribution >= 0.6 is 0 Å². The van der Waals surface area contributed by atoms with Crippen LogP contribution in [0.3, 0.4) is 0 Å². The zero-order valence-electron chi connectivity index (χ0n) is 16.1. The number of hydrogen-bond donors (Lipinski definition) is 1. The van der Waals surface area contributed by atoms with Gasteiger partial charge in [0.15, 0.2) is 0 Å². The number of fused-ring (bicyclic) bond motifs is 2. The van der Waals surface area contributed by atoms with Crippen molar-refractivity contribution in [3.8, 4) is 0 Å². The summed E-state index contributed by atoms with van der Waals surface area (Å²) >= 11 is 0. The highest BCUT2D eigenvalue weighted by molar-refractivity contribution is 5.70. The fourth-order valence-corrected chi connectivity index (χ4v) is 4.40. The lowest BCUT2D eigenvalue weighted by molar-refractivity contribution is -0.152. The van der Waals surface area contributed by atoms with Crippen LogP contribution in [0.2, 0.25) is 0 Å². The van der Waals surface area contributed by atoms with Gasteiger partial charge in [0.1, 0.15) is 0 Å². The molecule has 2 aliphatic rings. The van der Waals surface area contributed by atoms with Gasteiger partial charge in [-0.3, -0.25) is 10.0 Å². The quantitative estimate of drug-likeness (QED) is 0.359. The number of hydroxylamine groups is 2. The molecule has 4 heteroatoms. The molecule has 3 unspecified atom stereocenters. The van der Waals surface area contributed by atoms with Crippen molar-refractivity contribution >= 4 is 18.2 Å². The molecular formula is C24H26N2O2. The lowest BCUT2D eigenvalue weighted by Gasteiger charge is -2.41. The largest absolute Gasteiger partial charge is 0.363 e. The first-order valence-corrected chi connectivity index (χ1v) is 9.85. The molecule has 0 saturated heterocycles. The van der Waals surface area contributed by atoms with Crippen LogP contribution in [0.25, 0.3) is 6.08 Å². The molecule has 0 fully saturated rings. The maximum Gasteiger partial charge on any atom is 0.233 e. The molecule has 144 valence electrons. The predicted molar refractivity (Wildman–Crippen MR) is 112 cm³/mol. The Labute approximate surface area is 166 Å². The van der Waals surface area contributed by atoms with E-state index in [1.807, 2.05) is 12.1 Å². The summed E-state index contributed by atoms with van der Waals surface area (Å²) in [6, 6.07) is 17.2. The number of hydrogen-bond acceptors (Lipinski definition) is 3. The Bertz CT molecular complexity index is 888. The van der Waals surface area contributed by atoms with Crippen LogP contribution in [0.5, 0.6) is 0 Å². The Kier molecular flexibility index (Phi) is 5.31. The molecule has 1 amide bonds. The van der Waals surface area contributed by atoms with Crippen molar-refractivity contribution < 1.29 is 10.0 Å². The summed E-state index contributed by atoms with van der Waals surface area (Å²) in [5, 5.41) is 10.0. The normalized spacial score (nSPS) is 22.9. The number of amides is 1. The second-order valence-corrected chi connectivity index (χ2v) is 7.77. The average molecular weight is 374 g/mol. The van der Waals surface area contributed by atoms with E-state index >= 15 is 0 Å². The highest BCUT2D eigenvalue weighted by Crippen LogP contribution is 2.38. The third kappa shape index (κ3) is 3.73. The van der Waals surface area contributed by atoms with Crippen molar-refractivity contribution in [2.45, 2.75) is 32.5 Å². The number of carbonyl (C=O) groups is 1. The summed E-state index contributed by atoms with van der Waals surface area (Å²) < 4.78 is 0. The van der Waals surface area contributed by atoms with Crippen LogP contribution in [-0.2, 0) is 17.9 Å². The molecule has 0 radical (unpaired) electrons. The molecule has 4 rings (SSSR count). The minimum atomic E-state index is 0.201. The minimum absolute atomic E-state index is 0.201. The van der Waals surface area contributed by atoms with Crippen LogP contribution in [0.15, 0.2) is 66.8 Å². The van der Waals surface area contributed by atoms with Crippen LogP contribution in [0.1, 0.15) is 30.0 Å². The lowest BCUT2D eigenvalue weighted by Crippen LogP contribution is -2.44. The summed E-state index contributed by atoms with van der Waals surface area (Å²) in [6.45, 7) is 3.37. The zero-order chi connectivity index (χ0) is 19.5. The van der Waals surface area contributed by atoms with Crippen LogP contribution in [0.4, 0.5) is 5.69 Å². The molecule has 0 bridgehead atoms. The van der Waals surface area contributed by atoms with Gasteiger partial charge < -0.3 is 4.90 Å². The SMILES string of the molecule is CC1CC=CC2C=Cc3ccccc3N(Cc3ccc(CN(O)C=O)cc3)C21. The Morgan fingerprint density at radius 1 is 1.11 bits per heavy atom. The number of anilines is 1. The average Bonchev–Trinajstić information content (AvgIpc) is 2.88. The van der Waals surface area contributed by atoms with Crippen LogP contribution in [0, 0.1) is 11.8 Å². The van der Waals surface area contributed by atoms with E-state index in [1.54, 1.807) is 0 Å². The molecule has 28 heavy (non-hydrogen) atoms. The van der Waals surface area contributed by atoms with E-state index in [1.165, 1.54) is 16.8 Å². The molecule has 3 atom stereocenters. The van der Waals surface area contributed by atoms with Crippen LogP contribution in [-0.4, -0.2) is 22.7 Å². The number of carbonyl (C=O) groups excluding carboxylic acids is 1. The Morgan fingerprint density at radius 2 is 1.86 bits per heavy atom. The Balaban J connectivity index is 1.64. The summed E-state index contributed by atoms with van der Waals surface area (Å²) in [6.07, 6.45) is 10.8. The van der Waals surface area contributed by atoms with Crippen molar-refractivity contribution in [2.75, 3.05) is 4.90 Å². The van der Waals surface area contributed by atoms with Gasteiger partial charge in [0.25, 0.3) is 0 Å². The first kappa shape index (κ1) is 18.5. The monoisotopic (exact) mass is 374 g/mol. The number of para-hydroxylation sites is 1. The van der Waals surface area contributed by atoms with E-state index < -0.39 is 0 Å². The van der Waals surface area contributed by atoms with Gasteiger partial charge in [-0.2, -0.15) is 0 Å². The van der Waals surface area contributed by atoms with E-state index in [0.29, 0.717) is 29.4 Å². The molecule has 0 spiro atoms. The second kappa shape index (κ2) is 8.03. The van der Waals surface area contributed by atoms with Gasteiger partial charge in [-0.1, -0.05) is 73.7 Å². The molecule has 1 heterocycles. The highest BCUT2D eigenvalue weighted by atomic mass is 16.5. The Hall–Kier alpha value is -2.85. The predicted octanol–water partition coefficient (Wildman–Crippen LogP) is 4.65. The van der Waals surface area contributed by atoms with Gasteiger partial charge in [-0.05, 0) is 35.1 Å². The number of nitrogens with zero attached hydrogens (tertiary/aromatic N) is 2. The second-order valence-electron chi connectivity index (χ2n) is 7.77. The standard InChI is InChI=1S/C24H26N2O2/c1-18-5-4-7-22-14-13-21-6-2-3-8-23(21)26(24(18)22)16-20-11-9-19(10-12-20)15-25(28)17-27/h2-4,6-14,17-18,22,24,28H,5,15-16H2,1H3. The van der Waals surface area contributed by atoms with Gasteiger partial charge in [-0.25, -0.2) is 5.06 Å². The van der Waals surface area contributed by atoms with Crippen molar-refractivity contribution in [3.63, 3.8) is 0 Å². The van der Waals surface area contributed by atoms with Gasteiger partial charge in [0.05, 0.1) is 6.54 Å². The Morgan fingerprint density at radius 3 is 2.64 bits per heavy atom. The maximum absolute atomic E-state index is 10.6. The van der Waals surface area contributed by atoms with E-state index in [-0.39, 0.29) is 6.54 Å². The van der Waals surface area contributed by atoms with E-state index in [4.69, 9.17) is 0 Å². The van der Waals surface area contributed by atoms with Gasteiger partial charge >= 0.3 is 0 Å². The zero-order valence-corrected chi connectivity index (χ0v) is 16.1. The smallest absolute Gasteiger partial charge is 0.233 e. The minimum Gasteiger partial charge on any atom is -0.363 e. The van der Waals surface area contributed by atoms with E-state index in [9.17, 15) is 10.0 Å². The molecule has 2 aromatic carbocycles. The summed E-state index contributed by atoms with van der Waals surface area (Å²) in [5.74, 6) is 0.978. The topological polar surface area (TPSA) is 43.8 Å². The van der Waals surface area contributed by atoms with Crippen molar-refractivity contribution in [3.05, 3.63) is 83.4 Å². The fraction of sp³-hybridized carbons (Fsp3) is 0.292. The van der Waals surface area contributed by atoms with Crippen molar-refractivity contribution in [1.29, 1.82) is 0 Å². The summed E-state index contributed by atoms with van der Waals surface area (Å²) in [5.41, 5.74) is 4.66. The number of allylic oxidation sites excluding steroid dienone is 1. The molecule has 0 saturated carbocycles. The lowest BCUT2D eigenvalue weighted by atomic mass is 9.81. The molecule has 2 aromatic rings. The molecule has 4 nitrogen and oxygen atoms in total. The van der Waals surface area contributed by atoms with Gasteiger partial charge in [-0.15, -0.1) is 0 Å². The van der Waals surface area contributed by atoms with Crippen molar-refractivity contribution in [1.82, 2.24) is 5.06 Å². The molecule has 0 aromatic heterocycles. The third-order valence-corrected chi connectivity index (χ3v) is 5.79. The van der Waals surface area contributed by atoms with Crippen molar-refractivity contribution in [2.24, 2.45) is 11.8 Å². The molecule has 1 aliphatic carbocycles. The molecule has 1 N–H and O–H groups in total. The maximum atomic E-state index is 10.6. The van der Waals surface area contributed by atoms with Gasteiger partial charge in [0.2, 0.25) is 6.41 Å².